The third-order valence-electron chi connectivity index (χ3n) is 4.16. The van der Waals surface area contributed by atoms with Crippen LogP contribution in [0.1, 0.15) is 24.4 Å². The number of methoxy groups -OCH3 is 1. The van der Waals surface area contributed by atoms with Crippen molar-refractivity contribution in [3.8, 4) is 5.75 Å². The monoisotopic (exact) mass is 313 g/mol. The number of aromatic nitrogens is 2. The summed E-state index contributed by atoms with van der Waals surface area (Å²) in [5.41, 5.74) is 0.691. The van der Waals surface area contributed by atoms with Gasteiger partial charge in [0.15, 0.2) is 0 Å². The number of nitrogens with zero attached hydrogens (tertiary/aromatic N) is 3. The molecule has 0 N–H and O–H groups in total. The minimum Gasteiger partial charge on any atom is -0.497 e. The van der Waals surface area contributed by atoms with E-state index in [4.69, 9.17) is 4.74 Å². The molecule has 1 amide bonds. The zero-order valence-corrected chi connectivity index (χ0v) is 13.0. The van der Waals surface area contributed by atoms with Crippen LogP contribution in [0.3, 0.4) is 0 Å². The van der Waals surface area contributed by atoms with Gasteiger partial charge in [0.1, 0.15) is 12.3 Å². The number of hydrogen-bond donors (Lipinski definition) is 0. The molecule has 1 saturated heterocycles. The van der Waals surface area contributed by atoms with Gasteiger partial charge in [-0.05, 0) is 36.6 Å². The van der Waals surface area contributed by atoms with Crippen LogP contribution < -0.4 is 10.4 Å². The minimum atomic E-state index is -0.402. The van der Waals surface area contributed by atoms with E-state index in [1.54, 1.807) is 19.4 Å². The zero-order valence-electron chi connectivity index (χ0n) is 13.0. The largest absolute Gasteiger partial charge is 0.497 e. The van der Waals surface area contributed by atoms with E-state index >= 15 is 0 Å². The van der Waals surface area contributed by atoms with E-state index in [0.29, 0.717) is 6.54 Å². The Balaban J connectivity index is 1.76. The Morgan fingerprint density at radius 3 is 2.83 bits per heavy atom. The van der Waals surface area contributed by atoms with Crippen molar-refractivity contribution >= 4 is 5.91 Å². The summed E-state index contributed by atoms with van der Waals surface area (Å²) >= 11 is 0. The average Bonchev–Trinajstić information content (AvgIpc) is 3.07. The second-order valence-electron chi connectivity index (χ2n) is 5.55. The maximum atomic E-state index is 12.6. The van der Waals surface area contributed by atoms with Crippen LogP contribution in [0.25, 0.3) is 0 Å². The first-order valence-electron chi connectivity index (χ1n) is 7.64. The highest BCUT2D eigenvalue weighted by Crippen LogP contribution is 2.32. The van der Waals surface area contributed by atoms with Crippen molar-refractivity contribution in [2.45, 2.75) is 25.4 Å². The SMILES string of the molecule is COc1ccc([C@@H]2CCCN2C(=O)Cn2cccnc2=O)cc1. The van der Waals surface area contributed by atoms with Crippen molar-refractivity contribution in [3.63, 3.8) is 0 Å². The van der Waals surface area contributed by atoms with Crippen molar-refractivity contribution in [2.75, 3.05) is 13.7 Å². The molecular weight excluding hydrogens is 294 g/mol. The van der Waals surface area contributed by atoms with Gasteiger partial charge in [-0.1, -0.05) is 12.1 Å². The number of ether oxygens (including phenoxy) is 1. The van der Waals surface area contributed by atoms with Gasteiger partial charge in [0.25, 0.3) is 0 Å². The summed E-state index contributed by atoms with van der Waals surface area (Å²) in [6.07, 6.45) is 4.91. The number of benzene rings is 1. The molecule has 3 rings (SSSR count). The first-order chi connectivity index (χ1) is 11.2. The third kappa shape index (κ3) is 3.26. The molecule has 0 aliphatic carbocycles. The molecule has 23 heavy (non-hydrogen) atoms. The Kier molecular flexibility index (Phi) is 4.41. The van der Waals surface area contributed by atoms with Crippen molar-refractivity contribution < 1.29 is 9.53 Å². The molecule has 6 nitrogen and oxygen atoms in total. The molecule has 1 aromatic heterocycles. The van der Waals surface area contributed by atoms with Gasteiger partial charge < -0.3 is 9.64 Å². The molecule has 0 radical (unpaired) electrons. The number of carbonyl (C=O) groups excluding carboxylic acids is 1. The zero-order chi connectivity index (χ0) is 16.2. The predicted octanol–water partition coefficient (Wildman–Crippen LogP) is 1.62. The molecule has 6 heteroatoms. The number of amides is 1. The molecule has 1 aromatic carbocycles. The van der Waals surface area contributed by atoms with Gasteiger partial charge >= 0.3 is 5.69 Å². The lowest BCUT2D eigenvalue weighted by Crippen LogP contribution is -2.36. The predicted molar refractivity (Wildman–Crippen MR) is 85.2 cm³/mol. The van der Waals surface area contributed by atoms with E-state index in [0.717, 1.165) is 24.2 Å². The lowest BCUT2D eigenvalue weighted by molar-refractivity contribution is -0.132. The number of hydrogen-bond acceptors (Lipinski definition) is 4. The Morgan fingerprint density at radius 2 is 2.13 bits per heavy atom. The molecule has 1 atom stereocenters. The van der Waals surface area contributed by atoms with Crippen molar-refractivity contribution in [1.82, 2.24) is 14.5 Å². The summed E-state index contributed by atoms with van der Waals surface area (Å²) in [6.45, 7) is 0.740. The highest BCUT2D eigenvalue weighted by molar-refractivity contribution is 5.76. The molecule has 2 heterocycles. The maximum Gasteiger partial charge on any atom is 0.347 e. The standard InChI is InChI=1S/C17H19N3O3/c1-23-14-7-5-13(6-8-14)15-4-2-11-20(15)16(21)12-19-10-3-9-18-17(19)22/h3,5-10,15H,2,4,11-12H2,1H3/t15-/m0/s1. The molecule has 120 valence electrons. The summed E-state index contributed by atoms with van der Waals surface area (Å²) in [5.74, 6) is 0.741. The molecule has 0 saturated carbocycles. The van der Waals surface area contributed by atoms with E-state index < -0.39 is 5.69 Å². The van der Waals surface area contributed by atoms with E-state index in [1.165, 1.54) is 10.8 Å². The van der Waals surface area contributed by atoms with Crippen LogP contribution in [-0.4, -0.2) is 34.0 Å². The van der Waals surface area contributed by atoms with E-state index in [1.807, 2.05) is 29.2 Å². The normalized spacial score (nSPS) is 17.3. The van der Waals surface area contributed by atoms with Gasteiger partial charge in [0.05, 0.1) is 13.2 Å². The fraction of sp³-hybridized carbons (Fsp3) is 0.353. The second-order valence-corrected chi connectivity index (χ2v) is 5.55. The summed E-state index contributed by atoms with van der Waals surface area (Å²) in [5, 5.41) is 0. The minimum absolute atomic E-state index is 0.0271. The number of carbonyl (C=O) groups is 1. The Bertz CT molecular complexity index is 739. The first-order valence-corrected chi connectivity index (χ1v) is 7.64. The van der Waals surface area contributed by atoms with Crippen molar-refractivity contribution in [3.05, 3.63) is 58.8 Å². The second kappa shape index (κ2) is 6.64. The van der Waals surface area contributed by atoms with Crippen LogP contribution in [-0.2, 0) is 11.3 Å². The summed E-state index contributed by atoms with van der Waals surface area (Å²) in [4.78, 5) is 29.8. The van der Waals surface area contributed by atoms with Gasteiger partial charge in [0.2, 0.25) is 5.91 Å². The molecule has 0 unspecified atom stereocenters. The quantitative estimate of drug-likeness (QED) is 0.860. The molecule has 2 aromatic rings. The van der Waals surface area contributed by atoms with Crippen LogP contribution >= 0.6 is 0 Å². The van der Waals surface area contributed by atoms with Gasteiger partial charge in [-0.3, -0.25) is 9.36 Å². The summed E-state index contributed by atoms with van der Waals surface area (Å²) in [6, 6.07) is 9.50. The van der Waals surface area contributed by atoms with Crippen LogP contribution in [0.2, 0.25) is 0 Å². The average molecular weight is 313 g/mol. The smallest absolute Gasteiger partial charge is 0.347 e. The van der Waals surface area contributed by atoms with Crippen LogP contribution in [0.5, 0.6) is 5.75 Å². The van der Waals surface area contributed by atoms with Crippen molar-refractivity contribution in [1.29, 1.82) is 0 Å². The molecule has 0 bridgehead atoms. The highest BCUT2D eigenvalue weighted by atomic mass is 16.5. The van der Waals surface area contributed by atoms with Crippen LogP contribution in [0.4, 0.5) is 0 Å². The summed E-state index contributed by atoms with van der Waals surface area (Å²) < 4.78 is 6.51. The van der Waals surface area contributed by atoms with Gasteiger partial charge in [-0.15, -0.1) is 0 Å². The molecule has 1 aliphatic rings. The lowest BCUT2D eigenvalue weighted by Gasteiger charge is -2.25. The third-order valence-corrected chi connectivity index (χ3v) is 4.16. The van der Waals surface area contributed by atoms with E-state index in [2.05, 4.69) is 4.98 Å². The Hall–Kier alpha value is -2.63. The van der Waals surface area contributed by atoms with Crippen LogP contribution in [0, 0.1) is 0 Å². The highest BCUT2D eigenvalue weighted by Gasteiger charge is 2.30. The lowest BCUT2D eigenvalue weighted by atomic mass is 10.0. The molecule has 0 spiro atoms. The van der Waals surface area contributed by atoms with Crippen LogP contribution in [0.15, 0.2) is 47.5 Å². The Morgan fingerprint density at radius 1 is 1.35 bits per heavy atom. The maximum absolute atomic E-state index is 12.6. The number of likely N-dealkylation sites (tertiary alicyclic amines) is 1. The molecular formula is C17H19N3O3. The van der Waals surface area contributed by atoms with Gasteiger partial charge in [0, 0.05) is 18.9 Å². The van der Waals surface area contributed by atoms with Gasteiger partial charge in [-0.2, -0.15) is 0 Å². The van der Waals surface area contributed by atoms with E-state index in [9.17, 15) is 9.59 Å². The van der Waals surface area contributed by atoms with Crippen molar-refractivity contribution in [2.24, 2.45) is 0 Å². The fourth-order valence-corrected chi connectivity index (χ4v) is 2.98. The topological polar surface area (TPSA) is 64.4 Å². The van der Waals surface area contributed by atoms with Gasteiger partial charge in [-0.25, -0.2) is 9.78 Å². The molecule has 1 fully saturated rings. The summed E-state index contributed by atoms with van der Waals surface area (Å²) in [7, 11) is 1.63. The number of rotatable bonds is 4. The Labute approximate surface area is 134 Å². The fourth-order valence-electron chi connectivity index (χ4n) is 2.98. The first kappa shape index (κ1) is 15.3. The molecule has 1 aliphatic heterocycles. The van der Waals surface area contributed by atoms with E-state index in [-0.39, 0.29) is 18.5 Å².